The molecule has 6 heteroatoms. The van der Waals surface area contributed by atoms with Crippen LogP contribution in [0, 0.1) is 0 Å². The topological polar surface area (TPSA) is 55.6 Å². The van der Waals surface area contributed by atoms with Gasteiger partial charge in [-0.1, -0.05) is 18.2 Å². The Hall–Kier alpha value is -1.99. The van der Waals surface area contributed by atoms with Crippen LogP contribution in [0.5, 0.6) is 0 Å². The van der Waals surface area contributed by atoms with Gasteiger partial charge in [0.15, 0.2) is 0 Å². The van der Waals surface area contributed by atoms with Gasteiger partial charge in [-0.2, -0.15) is 0 Å². The molecule has 4 rings (SSSR count). The Morgan fingerprint density at radius 3 is 2.85 bits per heavy atom. The van der Waals surface area contributed by atoms with Crippen LogP contribution in [0.4, 0.5) is 0 Å². The molecule has 1 fully saturated rings. The Labute approximate surface area is 160 Å². The number of benzene rings is 1. The van der Waals surface area contributed by atoms with Crippen molar-refractivity contribution in [3.8, 4) is 20.2 Å². The summed E-state index contributed by atoms with van der Waals surface area (Å²) < 4.78 is 5.56. The molecule has 1 saturated heterocycles. The van der Waals surface area contributed by atoms with E-state index >= 15 is 0 Å². The van der Waals surface area contributed by atoms with Gasteiger partial charge in [0.05, 0.1) is 12.7 Å². The van der Waals surface area contributed by atoms with E-state index in [2.05, 4.69) is 35.7 Å². The standard InChI is InChI=1S/C20H20N2O2S2/c21-12-16-13-22(8-9-24-16)20(23)15-4-1-3-14(11-15)17-6-7-19(26-17)18-5-2-10-25-18/h1-7,10-11,16H,8-9,12-13,21H2. The van der Waals surface area contributed by atoms with E-state index in [1.807, 2.05) is 23.1 Å². The molecular formula is C20H20N2O2S2. The summed E-state index contributed by atoms with van der Waals surface area (Å²) in [5.74, 6) is 0.0450. The summed E-state index contributed by atoms with van der Waals surface area (Å²) in [6.07, 6.45) is -0.0680. The predicted molar refractivity (Wildman–Crippen MR) is 108 cm³/mol. The predicted octanol–water partition coefficient (Wildman–Crippen LogP) is 3.94. The summed E-state index contributed by atoms with van der Waals surface area (Å²) >= 11 is 3.49. The number of carbonyl (C=O) groups excluding carboxylic acids is 1. The highest BCUT2D eigenvalue weighted by Crippen LogP contribution is 2.36. The Morgan fingerprint density at radius 2 is 2.04 bits per heavy atom. The number of carbonyl (C=O) groups is 1. The fourth-order valence-corrected chi connectivity index (χ4v) is 4.92. The highest BCUT2D eigenvalue weighted by atomic mass is 32.1. The largest absolute Gasteiger partial charge is 0.373 e. The zero-order chi connectivity index (χ0) is 17.9. The number of hydrogen-bond acceptors (Lipinski definition) is 5. The molecule has 134 valence electrons. The van der Waals surface area contributed by atoms with Gasteiger partial charge in [0, 0.05) is 39.8 Å². The van der Waals surface area contributed by atoms with Gasteiger partial charge >= 0.3 is 0 Å². The molecule has 0 saturated carbocycles. The number of hydrogen-bond donors (Lipinski definition) is 1. The summed E-state index contributed by atoms with van der Waals surface area (Å²) in [7, 11) is 0. The highest BCUT2D eigenvalue weighted by Gasteiger charge is 2.24. The minimum absolute atomic E-state index is 0.0450. The fourth-order valence-electron chi connectivity index (χ4n) is 3.08. The lowest BCUT2D eigenvalue weighted by atomic mass is 10.1. The van der Waals surface area contributed by atoms with Gasteiger partial charge in [-0.15, -0.1) is 22.7 Å². The average molecular weight is 385 g/mol. The number of amides is 1. The molecule has 1 atom stereocenters. The SMILES string of the molecule is NCC1CN(C(=O)c2cccc(-c3ccc(-c4cccs4)s3)c2)CCO1. The minimum atomic E-state index is -0.0680. The molecule has 1 aliphatic rings. The molecule has 3 aromatic rings. The normalized spacial score (nSPS) is 17.4. The Kier molecular flexibility index (Phi) is 5.17. The first kappa shape index (κ1) is 17.4. The second kappa shape index (κ2) is 7.72. The second-order valence-electron chi connectivity index (χ2n) is 6.20. The molecule has 1 aliphatic heterocycles. The molecule has 26 heavy (non-hydrogen) atoms. The van der Waals surface area contributed by atoms with Crippen molar-refractivity contribution in [3.63, 3.8) is 0 Å². The van der Waals surface area contributed by atoms with E-state index < -0.39 is 0 Å². The molecule has 2 aromatic heterocycles. The maximum atomic E-state index is 12.9. The molecule has 2 N–H and O–H groups in total. The van der Waals surface area contributed by atoms with Crippen LogP contribution in [-0.4, -0.2) is 43.2 Å². The van der Waals surface area contributed by atoms with Crippen molar-refractivity contribution in [2.24, 2.45) is 5.73 Å². The monoisotopic (exact) mass is 384 g/mol. The summed E-state index contributed by atoms with van der Waals surface area (Å²) in [6.45, 7) is 2.15. The lowest BCUT2D eigenvalue weighted by molar-refractivity contribution is -0.0167. The number of rotatable bonds is 4. The third-order valence-electron chi connectivity index (χ3n) is 4.45. The third-order valence-corrected chi connectivity index (χ3v) is 6.65. The first-order valence-electron chi connectivity index (χ1n) is 8.59. The van der Waals surface area contributed by atoms with Crippen molar-refractivity contribution in [3.05, 3.63) is 59.5 Å². The lowest BCUT2D eigenvalue weighted by Crippen LogP contribution is -2.48. The van der Waals surface area contributed by atoms with Crippen LogP contribution in [0.3, 0.4) is 0 Å². The Bertz CT molecular complexity index is 889. The van der Waals surface area contributed by atoms with Crippen LogP contribution in [0.2, 0.25) is 0 Å². The van der Waals surface area contributed by atoms with Crippen molar-refractivity contribution >= 4 is 28.6 Å². The Balaban J connectivity index is 1.56. The fraction of sp³-hybridized carbons (Fsp3) is 0.250. The first-order valence-corrected chi connectivity index (χ1v) is 10.3. The summed E-state index contributed by atoms with van der Waals surface area (Å²) in [4.78, 5) is 18.4. The second-order valence-corrected chi connectivity index (χ2v) is 8.23. The van der Waals surface area contributed by atoms with Crippen LogP contribution in [0.15, 0.2) is 53.9 Å². The van der Waals surface area contributed by atoms with Crippen molar-refractivity contribution < 1.29 is 9.53 Å². The van der Waals surface area contributed by atoms with E-state index in [9.17, 15) is 4.79 Å². The molecular weight excluding hydrogens is 364 g/mol. The first-order chi connectivity index (χ1) is 12.7. The molecule has 4 nitrogen and oxygen atoms in total. The van der Waals surface area contributed by atoms with Gasteiger partial charge in [0.1, 0.15) is 0 Å². The van der Waals surface area contributed by atoms with Gasteiger partial charge in [-0.25, -0.2) is 0 Å². The van der Waals surface area contributed by atoms with Gasteiger partial charge in [0.2, 0.25) is 0 Å². The van der Waals surface area contributed by atoms with Gasteiger partial charge in [0.25, 0.3) is 5.91 Å². The van der Waals surface area contributed by atoms with E-state index in [1.54, 1.807) is 22.7 Å². The van der Waals surface area contributed by atoms with Gasteiger partial charge < -0.3 is 15.4 Å². The average Bonchev–Trinajstić information content (AvgIpc) is 3.39. The van der Waals surface area contributed by atoms with E-state index in [1.165, 1.54) is 14.6 Å². The quantitative estimate of drug-likeness (QED) is 0.741. The zero-order valence-electron chi connectivity index (χ0n) is 14.3. The summed E-state index contributed by atoms with van der Waals surface area (Å²) in [5, 5.41) is 2.09. The molecule has 0 bridgehead atoms. The minimum Gasteiger partial charge on any atom is -0.373 e. The number of thiophene rings is 2. The number of nitrogens with two attached hydrogens (primary N) is 1. The Morgan fingerprint density at radius 1 is 1.15 bits per heavy atom. The van der Waals surface area contributed by atoms with Crippen molar-refractivity contribution in [1.29, 1.82) is 0 Å². The molecule has 1 aromatic carbocycles. The van der Waals surface area contributed by atoms with Crippen molar-refractivity contribution in [2.75, 3.05) is 26.2 Å². The van der Waals surface area contributed by atoms with Crippen LogP contribution in [-0.2, 0) is 4.74 Å². The summed E-state index contributed by atoms with van der Waals surface area (Å²) in [6, 6.07) is 16.3. The van der Waals surface area contributed by atoms with E-state index in [-0.39, 0.29) is 12.0 Å². The number of ether oxygens (including phenoxy) is 1. The van der Waals surface area contributed by atoms with E-state index in [4.69, 9.17) is 10.5 Å². The molecule has 0 spiro atoms. The van der Waals surface area contributed by atoms with Crippen molar-refractivity contribution in [1.82, 2.24) is 4.90 Å². The van der Waals surface area contributed by atoms with Gasteiger partial charge in [-0.3, -0.25) is 4.79 Å². The van der Waals surface area contributed by atoms with E-state index in [0.717, 1.165) is 5.56 Å². The van der Waals surface area contributed by atoms with Crippen LogP contribution in [0.1, 0.15) is 10.4 Å². The van der Waals surface area contributed by atoms with Crippen LogP contribution < -0.4 is 5.73 Å². The smallest absolute Gasteiger partial charge is 0.254 e. The zero-order valence-corrected chi connectivity index (χ0v) is 15.9. The van der Waals surface area contributed by atoms with Gasteiger partial charge in [-0.05, 0) is 41.3 Å². The third kappa shape index (κ3) is 3.59. The molecule has 1 unspecified atom stereocenters. The maximum Gasteiger partial charge on any atom is 0.254 e. The molecule has 1 amide bonds. The van der Waals surface area contributed by atoms with Crippen molar-refractivity contribution in [2.45, 2.75) is 6.10 Å². The number of nitrogens with zero attached hydrogens (tertiary/aromatic N) is 1. The molecule has 3 heterocycles. The molecule has 0 aliphatic carbocycles. The van der Waals surface area contributed by atoms with Crippen LogP contribution in [0.25, 0.3) is 20.2 Å². The summed E-state index contributed by atoms with van der Waals surface area (Å²) in [5.41, 5.74) is 7.48. The molecule has 0 radical (unpaired) electrons. The number of morpholine rings is 1. The van der Waals surface area contributed by atoms with E-state index in [0.29, 0.717) is 31.8 Å². The lowest BCUT2D eigenvalue weighted by Gasteiger charge is -2.32. The highest BCUT2D eigenvalue weighted by molar-refractivity contribution is 7.23. The maximum absolute atomic E-state index is 12.9. The van der Waals surface area contributed by atoms with Crippen LogP contribution >= 0.6 is 22.7 Å².